The van der Waals surface area contributed by atoms with Crippen molar-refractivity contribution >= 4 is 13.7 Å². The highest BCUT2D eigenvalue weighted by Crippen LogP contribution is 2.43. The number of phosphoric ester groups is 1. The number of carbonyl (C=O) groups excluding carboxylic acids is 1. The van der Waals surface area contributed by atoms with Gasteiger partial charge in [-0.05, 0) is 83.5 Å². The minimum atomic E-state index is -4.35. The van der Waals surface area contributed by atoms with Gasteiger partial charge in [0, 0.05) is 13.0 Å². The van der Waals surface area contributed by atoms with Crippen molar-refractivity contribution in [3.05, 3.63) is 97.2 Å². The average molecular weight is 717 g/mol. The van der Waals surface area contributed by atoms with Gasteiger partial charge in [0.1, 0.15) is 0 Å². The third-order valence-electron chi connectivity index (χ3n) is 7.38. The van der Waals surface area contributed by atoms with Gasteiger partial charge in [-0.1, -0.05) is 130 Å². The molecule has 0 spiro atoms. The standard InChI is InChI=1S/C41H69N2O6P/c1-3-5-7-9-11-13-15-16-17-18-19-20-21-22-23-24-25-27-29-31-33-35-41(45)43-39(38-49-50(46,47)48-37-36-42)40(44)34-32-30-28-26-14-12-10-8-6-4-2/h5-8,11,13-14,16-17,19-20,22-23,26,32,34,39-40,44H,3-4,9-10,12,15,18,21,24-25,27-31,33,35-38,42H2,1-2H3,(H,43,45)(H,46,47)/b7-5-,8-6+,13-11-,17-16-,20-19-,23-22-,26-14+,34-32+. The number of carbonyl (C=O) groups is 1. The van der Waals surface area contributed by atoms with Crippen LogP contribution in [0, 0.1) is 0 Å². The third-order valence-corrected chi connectivity index (χ3v) is 8.37. The van der Waals surface area contributed by atoms with Gasteiger partial charge in [-0.3, -0.25) is 13.8 Å². The van der Waals surface area contributed by atoms with E-state index in [9.17, 15) is 19.4 Å². The second-order valence-electron chi connectivity index (χ2n) is 12.0. The first-order valence-corrected chi connectivity index (χ1v) is 20.4. The number of hydrogen-bond acceptors (Lipinski definition) is 6. The molecule has 0 rings (SSSR count). The summed E-state index contributed by atoms with van der Waals surface area (Å²) in [7, 11) is -4.35. The molecule has 9 heteroatoms. The first-order chi connectivity index (χ1) is 24.4. The van der Waals surface area contributed by atoms with Crippen LogP contribution in [0.4, 0.5) is 0 Å². The predicted molar refractivity (Wildman–Crippen MR) is 212 cm³/mol. The van der Waals surface area contributed by atoms with Crippen LogP contribution in [-0.2, 0) is 18.4 Å². The number of allylic oxidation sites excluding steroid dienone is 15. The Balaban J connectivity index is 4.33. The average Bonchev–Trinajstić information content (AvgIpc) is 3.10. The molecule has 0 aromatic rings. The van der Waals surface area contributed by atoms with Crippen LogP contribution < -0.4 is 11.1 Å². The maximum Gasteiger partial charge on any atom is 0.472 e. The summed E-state index contributed by atoms with van der Waals surface area (Å²) in [6, 6.07) is -0.898. The number of unbranched alkanes of at least 4 members (excludes halogenated alkanes) is 7. The summed E-state index contributed by atoms with van der Waals surface area (Å²) >= 11 is 0. The Hall–Kier alpha value is -2.58. The molecule has 50 heavy (non-hydrogen) atoms. The van der Waals surface area contributed by atoms with Gasteiger partial charge in [-0.25, -0.2) is 4.57 Å². The second kappa shape index (κ2) is 36.2. The van der Waals surface area contributed by atoms with E-state index in [4.69, 9.17) is 14.8 Å². The van der Waals surface area contributed by atoms with Crippen molar-refractivity contribution in [3.63, 3.8) is 0 Å². The SMILES string of the molecule is CC/C=C\C/C=C\C/C=C\C/C=C\C/C=C\CCCCCCCC(=O)NC(COP(=O)(O)OCCN)C(O)/C=C/CC/C=C/CC/C=C/CC. The predicted octanol–water partition coefficient (Wildman–Crippen LogP) is 10.0. The van der Waals surface area contributed by atoms with E-state index in [1.807, 2.05) is 6.08 Å². The lowest BCUT2D eigenvalue weighted by molar-refractivity contribution is -0.123. The Morgan fingerprint density at radius 1 is 0.660 bits per heavy atom. The Bertz CT molecular complexity index is 1090. The molecule has 1 amide bonds. The molecule has 5 N–H and O–H groups in total. The van der Waals surface area contributed by atoms with E-state index in [0.29, 0.717) is 6.42 Å². The Morgan fingerprint density at radius 3 is 1.70 bits per heavy atom. The van der Waals surface area contributed by atoms with Crippen molar-refractivity contribution in [1.29, 1.82) is 0 Å². The fraction of sp³-hybridized carbons (Fsp3) is 0.585. The number of aliphatic hydroxyl groups is 1. The third kappa shape index (κ3) is 33.9. The van der Waals surface area contributed by atoms with Crippen molar-refractivity contribution in [2.75, 3.05) is 19.8 Å². The highest BCUT2D eigenvalue weighted by molar-refractivity contribution is 7.47. The fourth-order valence-electron chi connectivity index (χ4n) is 4.61. The Labute approximate surface area is 304 Å². The molecule has 0 aliphatic carbocycles. The Kier molecular flexibility index (Phi) is 34.4. The zero-order valence-corrected chi connectivity index (χ0v) is 32.0. The first kappa shape index (κ1) is 47.4. The maximum atomic E-state index is 12.7. The lowest BCUT2D eigenvalue weighted by Crippen LogP contribution is -2.45. The summed E-state index contributed by atoms with van der Waals surface area (Å²) in [4.78, 5) is 22.6. The molecule has 8 nitrogen and oxygen atoms in total. The van der Waals surface area contributed by atoms with Crippen molar-refractivity contribution in [2.24, 2.45) is 5.73 Å². The van der Waals surface area contributed by atoms with E-state index in [-0.39, 0.29) is 25.7 Å². The van der Waals surface area contributed by atoms with Crippen LogP contribution in [0.3, 0.4) is 0 Å². The van der Waals surface area contributed by atoms with Crippen molar-refractivity contribution in [3.8, 4) is 0 Å². The van der Waals surface area contributed by atoms with Gasteiger partial charge in [-0.15, -0.1) is 0 Å². The summed E-state index contributed by atoms with van der Waals surface area (Å²) < 4.78 is 22.0. The number of nitrogens with one attached hydrogen (secondary N) is 1. The quantitative estimate of drug-likeness (QED) is 0.0302. The van der Waals surface area contributed by atoms with Crippen LogP contribution >= 0.6 is 7.82 Å². The molecule has 0 aromatic heterocycles. The molecule has 3 atom stereocenters. The molecule has 0 aliphatic rings. The molecular weight excluding hydrogens is 647 g/mol. The van der Waals surface area contributed by atoms with Gasteiger partial charge < -0.3 is 21.1 Å². The number of aliphatic hydroxyl groups excluding tert-OH is 1. The highest BCUT2D eigenvalue weighted by Gasteiger charge is 2.26. The van der Waals surface area contributed by atoms with E-state index >= 15 is 0 Å². The molecule has 0 bridgehead atoms. The number of nitrogens with two attached hydrogens (primary N) is 1. The molecule has 0 saturated carbocycles. The minimum Gasteiger partial charge on any atom is -0.387 e. The molecular formula is C41H69N2O6P. The number of hydrogen-bond donors (Lipinski definition) is 4. The van der Waals surface area contributed by atoms with Crippen LogP contribution in [0.5, 0.6) is 0 Å². The summed E-state index contributed by atoms with van der Waals surface area (Å²) in [5.41, 5.74) is 5.34. The lowest BCUT2D eigenvalue weighted by atomic mass is 10.1. The molecule has 284 valence electrons. The largest absolute Gasteiger partial charge is 0.472 e. The molecule has 0 fully saturated rings. The van der Waals surface area contributed by atoms with Gasteiger partial charge in [0.15, 0.2) is 0 Å². The van der Waals surface area contributed by atoms with E-state index in [0.717, 1.165) is 103 Å². The van der Waals surface area contributed by atoms with Gasteiger partial charge in [0.05, 0.1) is 25.4 Å². The molecule has 0 saturated heterocycles. The molecule has 0 radical (unpaired) electrons. The molecule has 0 heterocycles. The number of phosphoric acid groups is 1. The van der Waals surface area contributed by atoms with Gasteiger partial charge in [0.2, 0.25) is 5.91 Å². The normalized spacial score (nSPS) is 15.4. The van der Waals surface area contributed by atoms with E-state index in [1.165, 1.54) is 0 Å². The van der Waals surface area contributed by atoms with E-state index in [1.54, 1.807) is 6.08 Å². The van der Waals surface area contributed by atoms with Crippen LogP contribution in [-0.4, -0.2) is 47.8 Å². The molecule has 0 aliphatic heterocycles. The minimum absolute atomic E-state index is 0.0622. The summed E-state index contributed by atoms with van der Waals surface area (Å²) in [5, 5.41) is 13.5. The van der Waals surface area contributed by atoms with Gasteiger partial charge in [0.25, 0.3) is 0 Å². The number of rotatable bonds is 33. The first-order valence-electron chi connectivity index (χ1n) is 18.9. The van der Waals surface area contributed by atoms with Crippen LogP contribution in [0.1, 0.15) is 123 Å². The highest BCUT2D eigenvalue weighted by atomic mass is 31.2. The Morgan fingerprint density at radius 2 is 1.12 bits per heavy atom. The van der Waals surface area contributed by atoms with E-state index in [2.05, 4.69) is 104 Å². The van der Waals surface area contributed by atoms with Crippen molar-refractivity contribution in [1.82, 2.24) is 5.32 Å². The smallest absolute Gasteiger partial charge is 0.387 e. The fourth-order valence-corrected chi connectivity index (χ4v) is 5.37. The van der Waals surface area contributed by atoms with Crippen molar-refractivity contribution < 1.29 is 28.4 Å². The zero-order chi connectivity index (χ0) is 36.8. The topological polar surface area (TPSA) is 131 Å². The van der Waals surface area contributed by atoms with Crippen molar-refractivity contribution in [2.45, 2.75) is 135 Å². The zero-order valence-electron chi connectivity index (χ0n) is 31.1. The van der Waals surface area contributed by atoms with E-state index < -0.39 is 20.0 Å². The summed E-state index contributed by atoms with van der Waals surface area (Å²) in [6.45, 7) is 3.81. The van der Waals surface area contributed by atoms with Gasteiger partial charge >= 0.3 is 7.82 Å². The molecule has 0 aromatic carbocycles. The van der Waals surface area contributed by atoms with Crippen LogP contribution in [0.15, 0.2) is 97.2 Å². The number of amides is 1. The second-order valence-corrected chi connectivity index (χ2v) is 13.5. The summed E-state index contributed by atoms with van der Waals surface area (Å²) in [6.07, 6.45) is 48.9. The monoisotopic (exact) mass is 716 g/mol. The maximum absolute atomic E-state index is 12.7. The van der Waals surface area contributed by atoms with Crippen LogP contribution in [0.25, 0.3) is 0 Å². The molecule has 3 unspecified atom stereocenters. The van der Waals surface area contributed by atoms with Gasteiger partial charge in [-0.2, -0.15) is 0 Å². The van der Waals surface area contributed by atoms with Crippen LogP contribution in [0.2, 0.25) is 0 Å². The lowest BCUT2D eigenvalue weighted by Gasteiger charge is -2.23. The summed E-state index contributed by atoms with van der Waals surface area (Å²) in [5.74, 6) is -0.236.